The third kappa shape index (κ3) is 5.18. The molecule has 0 aliphatic heterocycles. The molecular formula is C29H26N2O6. The summed E-state index contributed by atoms with van der Waals surface area (Å²) in [4.78, 5) is 41.8. The predicted molar refractivity (Wildman–Crippen MR) is 141 cm³/mol. The first-order valence-corrected chi connectivity index (χ1v) is 11.9. The zero-order valence-corrected chi connectivity index (χ0v) is 20.7. The number of amides is 1. The molecule has 188 valence electrons. The topological polar surface area (TPSA) is 111 Å². The van der Waals surface area contributed by atoms with Crippen LogP contribution in [0.5, 0.6) is 5.75 Å². The maximum Gasteiger partial charge on any atom is 0.408 e. The molecule has 1 atom stereocenters. The molecule has 37 heavy (non-hydrogen) atoms. The largest absolute Gasteiger partial charge is 0.456 e. The van der Waals surface area contributed by atoms with E-state index in [-0.39, 0.29) is 17.6 Å². The predicted octanol–water partition coefficient (Wildman–Crippen LogP) is 5.47. The van der Waals surface area contributed by atoms with Gasteiger partial charge in [0.25, 0.3) is 0 Å². The van der Waals surface area contributed by atoms with Crippen LogP contribution < -0.4 is 15.5 Å². The van der Waals surface area contributed by atoms with Crippen molar-refractivity contribution in [3.63, 3.8) is 0 Å². The molecule has 0 spiro atoms. The molecular weight excluding hydrogens is 472 g/mol. The molecule has 0 fully saturated rings. The number of esters is 1. The molecule has 1 amide bonds. The first-order chi connectivity index (χ1) is 17.7. The minimum absolute atomic E-state index is 0.168. The monoisotopic (exact) mass is 498 g/mol. The van der Waals surface area contributed by atoms with Crippen LogP contribution in [0.25, 0.3) is 32.8 Å². The van der Waals surface area contributed by atoms with Crippen LogP contribution in [0.3, 0.4) is 0 Å². The number of H-pyrrole nitrogens is 1. The molecule has 0 bridgehead atoms. The normalized spacial score (nSPS) is 12.5. The molecule has 0 saturated heterocycles. The number of hydrogen-bond acceptors (Lipinski definition) is 6. The highest BCUT2D eigenvalue weighted by molar-refractivity contribution is 5.91. The van der Waals surface area contributed by atoms with E-state index < -0.39 is 23.7 Å². The second-order valence-electron chi connectivity index (χ2n) is 9.77. The summed E-state index contributed by atoms with van der Waals surface area (Å²) in [5.41, 5.74) is 1.58. The van der Waals surface area contributed by atoms with Gasteiger partial charge in [0.1, 0.15) is 28.6 Å². The van der Waals surface area contributed by atoms with Crippen molar-refractivity contribution in [2.75, 3.05) is 0 Å². The summed E-state index contributed by atoms with van der Waals surface area (Å²) in [5, 5.41) is 4.43. The molecule has 2 heterocycles. The maximum absolute atomic E-state index is 13.3. The van der Waals surface area contributed by atoms with E-state index in [2.05, 4.69) is 10.3 Å². The van der Waals surface area contributed by atoms with Crippen LogP contribution in [-0.2, 0) is 16.0 Å². The van der Waals surface area contributed by atoms with Gasteiger partial charge in [-0.25, -0.2) is 9.59 Å². The van der Waals surface area contributed by atoms with Crippen LogP contribution in [-0.4, -0.2) is 28.7 Å². The van der Waals surface area contributed by atoms with E-state index in [0.29, 0.717) is 21.9 Å². The quantitative estimate of drug-likeness (QED) is 0.189. The van der Waals surface area contributed by atoms with Gasteiger partial charge in [-0.1, -0.05) is 30.3 Å². The summed E-state index contributed by atoms with van der Waals surface area (Å²) in [5.74, 6) is -0.496. The molecule has 2 N–H and O–H groups in total. The smallest absolute Gasteiger partial charge is 0.408 e. The number of carbonyl (C=O) groups excluding carboxylic acids is 2. The van der Waals surface area contributed by atoms with Crippen LogP contribution in [0.15, 0.2) is 82.1 Å². The van der Waals surface area contributed by atoms with Gasteiger partial charge >= 0.3 is 12.1 Å². The lowest BCUT2D eigenvalue weighted by Gasteiger charge is -2.23. The Morgan fingerprint density at radius 1 is 0.946 bits per heavy atom. The van der Waals surface area contributed by atoms with E-state index in [0.717, 1.165) is 16.5 Å². The molecule has 0 aliphatic carbocycles. The summed E-state index contributed by atoms with van der Waals surface area (Å²) in [6, 6.07) is 18.2. The second-order valence-corrected chi connectivity index (χ2v) is 9.77. The number of para-hydroxylation sites is 2. The SMILES string of the molecule is CC(C)(C)OC(=O)N[C@@H](Cc1c[nH]c2ccccc12)C(=O)Oc1ccc2c(=O)c3ccccc3oc2c1. The molecule has 8 nitrogen and oxygen atoms in total. The average molecular weight is 499 g/mol. The van der Waals surface area contributed by atoms with E-state index >= 15 is 0 Å². The number of nitrogens with one attached hydrogen (secondary N) is 2. The number of fused-ring (bicyclic) bond motifs is 3. The van der Waals surface area contributed by atoms with Gasteiger partial charge in [-0.15, -0.1) is 0 Å². The van der Waals surface area contributed by atoms with E-state index in [1.165, 1.54) is 12.1 Å². The fraction of sp³-hybridized carbons (Fsp3) is 0.207. The molecule has 5 rings (SSSR count). The zero-order chi connectivity index (χ0) is 26.2. The highest BCUT2D eigenvalue weighted by Gasteiger charge is 2.27. The molecule has 8 heteroatoms. The first-order valence-electron chi connectivity index (χ1n) is 11.9. The number of benzene rings is 3. The molecule has 0 unspecified atom stereocenters. The Morgan fingerprint density at radius 3 is 2.43 bits per heavy atom. The highest BCUT2D eigenvalue weighted by Crippen LogP contribution is 2.24. The van der Waals surface area contributed by atoms with E-state index in [9.17, 15) is 14.4 Å². The average Bonchev–Trinajstić information content (AvgIpc) is 3.25. The molecule has 2 aromatic heterocycles. The van der Waals surface area contributed by atoms with Crippen molar-refractivity contribution in [3.05, 3.63) is 88.7 Å². The Kier molecular flexibility index (Phi) is 6.17. The summed E-state index contributed by atoms with van der Waals surface area (Å²) >= 11 is 0. The Balaban J connectivity index is 1.44. The summed E-state index contributed by atoms with van der Waals surface area (Å²) in [7, 11) is 0. The number of alkyl carbamates (subject to hydrolysis) is 1. The van der Waals surface area contributed by atoms with Gasteiger partial charge in [0.15, 0.2) is 0 Å². The number of ether oxygens (including phenoxy) is 2. The Hall–Kier alpha value is -4.59. The van der Waals surface area contributed by atoms with Gasteiger partial charge < -0.3 is 24.2 Å². The van der Waals surface area contributed by atoms with E-state index in [1.807, 2.05) is 24.3 Å². The van der Waals surface area contributed by atoms with Gasteiger partial charge in [-0.05, 0) is 56.7 Å². The van der Waals surface area contributed by atoms with Crippen molar-refractivity contribution in [1.29, 1.82) is 0 Å². The Morgan fingerprint density at radius 2 is 1.65 bits per heavy atom. The Bertz CT molecular complexity index is 1690. The van der Waals surface area contributed by atoms with Crippen LogP contribution >= 0.6 is 0 Å². The lowest BCUT2D eigenvalue weighted by Crippen LogP contribution is -2.46. The summed E-state index contributed by atoms with van der Waals surface area (Å²) in [6.45, 7) is 5.23. The molecule has 3 aromatic carbocycles. The molecule has 0 saturated carbocycles. The number of carbonyl (C=O) groups is 2. The van der Waals surface area contributed by atoms with Gasteiger partial charge in [0.2, 0.25) is 5.43 Å². The number of hydrogen-bond donors (Lipinski definition) is 2. The van der Waals surface area contributed by atoms with Crippen molar-refractivity contribution < 1.29 is 23.5 Å². The van der Waals surface area contributed by atoms with Crippen molar-refractivity contribution in [3.8, 4) is 5.75 Å². The number of rotatable bonds is 5. The third-order valence-corrected chi connectivity index (χ3v) is 5.84. The standard InChI is InChI=1S/C29H26N2O6/c1-29(2,3)37-28(34)31-23(14-17-16-30-22-10-6-4-8-19(17)22)27(33)35-18-12-13-21-25(15-18)36-24-11-7-5-9-20(24)26(21)32/h4-13,15-16,23,30H,14H2,1-3H3,(H,31,34)/t23-/m0/s1. The van der Waals surface area contributed by atoms with Gasteiger partial charge in [0, 0.05) is 29.6 Å². The van der Waals surface area contributed by atoms with Crippen molar-refractivity contribution in [1.82, 2.24) is 10.3 Å². The zero-order valence-electron chi connectivity index (χ0n) is 20.7. The van der Waals surface area contributed by atoms with Gasteiger partial charge in [0.05, 0.1) is 10.8 Å². The van der Waals surface area contributed by atoms with Crippen LogP contribution in [0, 0.1) is 0 Å². The van der Waals surface area contributed by atoms with Gasteiger partial charge in [-0.2, -0.15) is 0 Å². The Labute approximate surface area is 212 Å². The summed E-state index contributed by atoms with van der Waals surface area (Å²) < 4.78 is 16.9. The minimum Gasteiger partial charge on any atom is -0.456 e. The maximum atomic E-state index is 13.3. The van der Waals surface area contributed by atoms with E-state index in [4.69, 9.17) is 13.9 Å². The van der Waals surface area contributed by atoms with Crippen LogP contribution in [0.1, 0.15) is 26.3 Å². The van der Waals surface area contributed by atoms with Crippen molar-refractivity contribution in [2.24, 2.45) is 0 Å². The first kappa shape index (κ1) is 24.1. The highest BCUT2D eigenvalue weighted by atomic mass is 16.6. The minimum atomic E-state index is -1.03. The number of aromatic amines is 1. The van der Waals surface area contributed by atoms with Gasteiger partial charge in [-0.3, -0.25) is 4.79 Å². The van der Waals surface area contributed by atoms with Crippen molar-refractivity contribution in [2.45, 2.75) is 38.8 Å². The van der Waals surface area contributed by atoms with Crippen LogP contribution in [0.2, 0.25) is 0 Å². The fourth-order valence-corrected chi connectivity index (χ4v) is 4.20. The second kappa shape index (κ2) is 9.46. The lowest BCUT2D eigenvalue weighted by molar-refractivity contribution is -0.136. The van der Waals surface area contributed by atoms with E-state index in [1.54, 1.807) is 57.3 Å². The van der Waals surface area contributed by atoms with Crippen molar-refractivity contribution >= 4 is 44.9 Å². The third-order valence-electron chi connectivity index (χ3n) is 5.84. The number of aromatic nitrogens is 1. The molecule has 0 radical (unpaired) electrons. The molecule has 5 aromatic rings. The fourth-order valence-electron chi connectivity index (χ4n) is 4.20. The van der Waals surface area contributed by atoms with Crippen LogP contribution in [0.4, 0.5) is 4.79 Å². The molecule has 0 aliphatic rings. The summed E-state index contributed by atoms with van der Waals surface area (Å²) in [6.07, 6.45) is 1.25. The lowest BCUT2D eigenvalue weighted by atomic mass is 10.1.